The van der Waals surface area contributed by atoms with E-state index in [1.807, 2.05) is 13.0 Å². The summed E-state index contributed by atoms with van der Waals surface area (Å²) in [4.78, 5) is 8.97. The fraction of sp³-hybridized carbons (Fsp3) is 0.692. The second-order valence-corrected chi connectivity index (χ2v) is 4.74. The van der Waals surface area contributed by atoms with E-state index in [9.17, 15) is 0 Å². The Balaban J connectivity index is 2.80. The molecule has 0 saturated carbocycles. The van der Waals surface area contributed by atoms with Crippen LogP contribution >= 0.6 is 0 Å². The lowest BCUT2D eigenvalue weighted by Crippen LogP contribution is -2.16. The molecule has 0 aliphatic heterocycles. The minimum Gasteiger partial charge on any atom is -0.368 e. The monoisotopic (exact) mass is 221 g/mol. The number of aryl methyl sites for hydroxylation is 1. The Bertz CT molecular complexity index is 334. The van der Waals surface area contributed by atoms with Crippen molar-refractivity contribution in [3.63, 3.8) is 0 Å². The second kappa shape index (κ2) is 5.83. The van der Waals surface area contributed by atoms with Crippen LogP contribution in [0.4, 0.5) is 5.82 Å². The first-order valence-electron chi connectivity index (χ1n) is 6.15. The number of anilines is 1. The van der Waals surface area contributed by atoms with Gasteiger partial charge in [0.1, 0.15) is 11.6 Å². The van der Waals surface area contributed by atoms with Crippen LogP contribution in [-0.4, -0.2) is 16.0 Å². The van der Waals surface area contributed by atoms with Crippen molar-refractivity contribution >= 4 is 5.82 Å². The van der Waals surface area contributed by atoms with Crippen molar-refractivity contribution in [1.29, 1.82) is 0 Å². The minimum atomic E-state index is 0.377. The van der Waals surface area contributed by atoms with Crippen LogP contribution in [0.2, 0.25) is 0 Å². The number of hydrogen-bond donors (Lipinski definition) is 1. The standard InChI is InChI=1S/C13H23N3/c1-6-7-10(4)14-12-8-11(5)15-13(16-12)9(2)3/h8-10H,6-7H2,1-5H3,(H,14,15,16). The van der Waals surface area contributed by atoms with Gasteiger partial charge in [-0.05, 0) is 20.3 Å². The summed E-state index contributed by atoms with van der Waals surface area (Å²) < 4.78 is 0. The first kappa shape index (κ1) is 12.9. The predicted molar refractivity (Wildman–Crippen MR) is 68.9 cm³/mol. The van der Waals surface area contributed by atoms with Gasteiger partial charge in [-0.1, -0.05) is 27.2 Å². The summed E-state index contributed by atoms with van der Waals surface area (Å²) in [7, 11) is 0. The van der Waals surface area contributed by atoms with E-state index >= 15 is 0 Å². The Morgan fingerprint density at radius 3 is 2.50 bits per heavy atom. The molecular weight excluding hydrogens is 198 g/mol. The quantitative estimate of drug-likeness (QED) is 0.826. The van der Waals surface area contributed by atoms with Gasteiger partial charge in [-0.15, -0.1) is 0 Å². The molecule has 1 rings (SSSR count). The van der Waals surface area contributed by atoms with Crippen LogP contribution in [0.25, 0.3) is 0 Å². The largest absolute Gasteiger partial charge is 0.368 e. The first-order chi connectivity index (χ1) is 7.52. The lowest BCUT2D eigenvalue weighted by Gasteiger charge is -2.15. The van der Waals surface area contributed by atoms with Crippen molar-refractivity contribution in [3.05, 3.63) is 17.6 Å². The van der Waals surface area contributed by atoms with Gasteiger partial charge in [0.15, 0.2) is 0 Å². The maximum atomic E-state index is 4.53. The van der Waals surface area contributed by atoms with Gasteiger partial charge < -0.3 is 5.32 Å². The maximum Gasteiger partial charge on any atom is 0.133 e. The predicted octanol–water partition coefficient (Wildman–Crippen LogP) is 3.51. The molecule has 0 radical (unpaired) electrons. The number of nitrogens with one attached hydrogen (secondary N) is 1. The second-order valence-electron chi connectivity index (χ2n) is 4.74. The summed E-state index contributed by atoms with van der Waals surface area (Å²) in [6.45, 7) is 10.6. The highest BCUT2D eigenvalue weighted by Gasteiger charge is 2.07. The Morgan fingerprint density at radius 2 is 1.94 bits per heavy atom. The van der Waals surface area contributed by atoms with Gasteiger partial charge in [-0.25, -0.2) is 9.97 Å². The smallest absolute Gasteiger partial charge is 0.133 e. The average Bonchev–Trinajstić information content (AvgIpc) is 2.16. The molecule has 0 bridgehead atoms. The highest BCUT2D eigenvalue weighted by molar-refractivity contribution is 5.37. The molecule has 0 aliphatic carbocycles. The fourth-order valence-corrected chi connectivity index (χ4v) is 1.68. The molecule has 3 nitrogen and oxygen atoms in total. The molecule has 0 spiro atoms. The molecule has 90 valence electrons. The Morgan fingerprint density at radius 1 is 1.25 bits per heavy atom. The number of rotatable bonds is 5. The molecule has 0 saturated heterocycles. The van der Waals surface area contributed by atoms with Crippen molar-refractivity contribution < 1.29 is 0 Å². The van der Waals surface area contributed by atoms with Gasteiger partial charge >= 0.3 is 0 Å². The Hall–Kier alpha value is -1.12. The Labute approximate surface area is 98.7 Å². The SMILES string of the molecule is CCCC(C)Nc1cc(C)nc(C(C)C)n1. The van der Waals surface area contributed by atoms with Crippen molar-refractivity contribution in [2.75, 3.05) is 5.32 Å². The van der Waals surface area contributed by atoms with Crippen LogP contribution in [0.3, 0.4) is 0 Å². The molecule has 1 atom stereocenters. The van der Waals surface area contributed by atoms with E-state index in [0.717, 1.165) is 17.3 Å². The van der Waals surface area contributed by atoms with Crippen LogP contribution in [0.1, 0.15) is 58.0 Å². The normalized spacial score (nSPS) is 12.9. The van der Waals surface area contributed by atoms with Crippen LogP contribution in [0.5, 0.6) is 0 Å². The first-order valence-corrected chi connectivity index (χ1v) is 6.15. The zero-order chi connectivity index (χ0) is 12.1. The van der Waals surface area contributed by atoms with Gasteiger partial charge in [0.2, 0.25) is 0 Å². The molecule has 0 aromatic carbocycles. The molecule has 0 fully saturated rings. The van der Waals surface area contributed by atoms with Crippen molar-refractivity contribution in [2.24, 2.45) is 0 Å². The molecular formula is C13H23N3. The van der Waals surface area contributed by atoms with Gasteiger partial charge in [0.05, 0.1) is 0 Å². The highest BCUT2D eigenvalue weighted by Crippen LogP contribution is 2.14. The highest BCUT2D eigenvalue weighted by atomic mass is 15.0. The minimum absolute atomic E-state index is 0.377. The topological polar surface area (TPSA) is 37.8 Å². The van der Waals surface area contributed by atoms with Gasteiger partial charge in [-0.3, -0.25) is 0 Å². The molecule has 1 aromatic heterocycles. The van der Waals surface area contributed by atoms with Crippen molar-refractivity contribution in [2.45, 2.75) is 59.4 Å². The maximum absolute atomic E-state index is 4.53. The number of aromatic nitrogens is 2. The summed E-state index contributed by atoms with van der Waals surface area (Å²) in [5, 5.41) is 3.43. The Kier molecular flexibility index (Phi) is 4.71. The van der Waals surface area contributed by atoms with Gasteiger partial charge in [0, 0.05) is 23.7 Å². The third kappa shape index (κ3) is 3.80. The summed E-state index contributed by atoms with van der Waals surface area (Å²) in [5.74, 6) is 2.25. The summed E-state index contributed by atoms with van der Waals surface area (Å²) >= 11 is 0. The third-order valence-corrected chi connectivity index (χ3v) is 2.50. The zero-order valence-corrected chi connectivity index (χ0v) is 11.0. The zero-order valence-electron chi connectivity index (χ0n) is 11.0. The van der Waals surface area contributed by atoms with E-state index in [1.54, 1.807) is 0 Å². The molecule has 0 aliphatic rings. The van der Waals surface area contributed by atoms with E-state index in [0.29, 0.717) is 12.0 Å². The van der Waals surface area contributed by atoms with E-state index in [2.05, 4.69) is 43.0 Å². The molecule has 1 unspecified atom stereocenters. The van der Waals surface area contributed by atoms with Crippen LogP contribution in [0.15, 0.2) is 6.07 Å². The molecule has 1 heterocycles. The van der Waals surface area contributed by atoms with E-state index in [4.69, 9.17) is 0 Å². The van der Waals surface area contributed by atoms with E-state index in [1.165, 1.54) is 12.8 Å². The molecule has 1 N–H and O–H groups in total. The van der Waals surface area contributed by atoms with E-state index < -0.39 is 0 Å². The average molecular weight is 221 g/mol. The van der Waals surface area contributed by atoms with Gasteiger partial charge in [-0.2, -0.15) is 0 Å². The molecule has 16 heavy (non-hydrogen) atoms. The number of nitrogens with zero attached hydrogens (tertiary/aromatic N) is 2. The molecule has 1 aromatic rings. The lowest BCUT2D eigenvalue weighted by molar-refractivity contribution is 0.682. The van der Waals surface area contributed by atoms with Crippen LogP contribution in [0, 0.1) is 6.92 Å². The van der Waals surface area contributed by atoms with Crippen LogP contribution in [-0.2, 0) is 0 Å². The third-order valence-electron chi connectivity index (χ3n) is 2.50. The molecule has 0 amide bonds. The van der Waals surface area contributed by atoms with Crippen molar-refractivity contribution in [1.82, 2.24) is 9.97 Å². The summed E-state index contributed by atoms with van der Waals surface area (Å²) in [5.41, 5.74) is 1.03. The molecule has 3 heteroatoms. The fourth-order valence-electron chi connectivity index (χ4n) is 1.68. The summed E-state index contributed by atoms with van der Waals surface area (Å²) in [6, 6.07) is 2.48. The lowest BCUT2D eigenvalue weighted by atomic mass is 10.2. The van der Waals surface area contributed by atoms with E-state index in [-0.39, 0.29) is 0 Å². The van der Waals surface area contributed by atoms with Crippen LogP contribution < -0.4 is 5.32 Å². The summed E-state index contributed by atoms with van der Waals surface area (Å²) in [6.07, 6.45) is 2.36. The van der Waals surface area contributed by atoms with Crippen molar-refractivity contribution in [3.8, 4) is 0 Å². The van der Waals surface area contributed by atoms with Gasteiger partial charge in [0.25, 0.3) is 0 Å². The number of hydrogen-bond acceptors (Lipinski definition) is 3.